The van der Waals surface area contributed by atoms with Crippen LogP contribution in [0.15, 0.2) is 24.3 Å². The Morgan fingerprint density at radius 2 is 2.23 bits per heavy atom. The second kappa shape index (κ2) is 3.94. The topological polar surface area (TPSA) is 53.1 Å². The Morgan fingerprint density at radius 1 is 1.54 bits per heavy atom. The molecular weight excluding hydrogens is 162 g/mol. The van der Waals surface area contributed by atoms with Gasteiger partial charge in [0.15, 0.2) is 0 Å². The maximum absolute atomic E-state index is 7.29. The van der Waals surface area contributed by atoms with E-state index in [1.165, 1.54) is 0 Å². The minimum absolute atomic E-state index is 0.117. The lowest BCUT2D eigenvalue weighted by molar-refractivity contribution is 0.968. The van der Waals surface area contributed by atoms with Gasteiger partial charge >= 0.3 is 0 Å². The number of amidine groups is 1. The van der Waals surface area contributed by atoms with E-state index in [9.17, 15) is 0 Å². The molecule has 0 saturated heterocycles. The van der Waals surface area contributed by atoms with Crippen molar-refractivity contribution in [3.63, 3.8) is 0 Å². The number of anilines is 1. The van der Waals surface area contributed by atoms with Gasteiger partial charge in [0.1, 0.15) is 5.84 Å². The van der Waals surface area contributed by atoms with Gasteiger partial charge in [-0.05, 0) is 19.1 Å². The molecule has 0 fully saturated rings. The van der Waals surface area contributed by atoms with Crippen LogP contribution in [-0.4, -0.2) is 19.4 Å². The Kier molecular flexibility index (Phi) is 2.90. The summed E-state index contributed by atoms with van der Waals surface area (Å²) in [6.07, 6.45) is 0. The Morgan fingerprint density at radius 3 is 2.77 bits per heavy atom. The molecule has 1 aromatic carbocycles. The van der Waals surface area contributed by atoms with E-state index >= 15 is 0 Å². The SMILES string of the molecule is CCN(C)c1cccc(C(=N)N)c1. The summed E-state index contributed by atoms with van der Waals surface area (Å²) in [5, 5.41) is 7.29. The maximum atomic E-state index is 7.29. The van der Waals surface area contributed by atoms with E-state index in [0.717, 1.165) is 17.8 Å². The molecule has 0 radical (unpaired) electrons. The van der Waals surface area contributed by atoms with Gasteiger partial charge in [0.05, 0.1) is 0 Å². The van der Waals surface area contributed by atoms with Gasteiger partial charge in [-0.2, -0.15) is 0 Å². The highest BCUT2D eigenvalue weighted by molar-refractivity contribution is 5.95. The Hall–Kier alpha value is -1.51. The number of hydrogen-bond donors (Lipinski definition) is 2. The molecule has 0 bridgehead atoms. The molecule has 0 aromatic heterocycles. The van der Waals surface area contributed by atoms with Crippen molar-refractivity contribution in [3.05, 3.63) is 29.8 Å². The predicted molar refractivity (Wildman–Crippen MR) is 56.4 cm³/mol. The van der Waals surface area contributed by atoms with Crippen molar-refractivity contribution >= 4 is 11.5 Å². The average Bonchev–Trinajstić information content (AvgIpc) is 2.17. The Balaban J connectivity index is 2.98. The molecule has 0 aliphatic heterocycles. The van der Waals surface area contributed by atoms with Gasteiger partial charge in [0.2, 0.25) is 0 Å². The Labute approximate surface area is 78.7 Å². The summed E-state index contributed by atoms with van der Waals surface area (Å²) in [6, 6.07) is 7.69. The number of nitrogens with zero attached hydrogens (tertiary/aromatic N) is 1. The smallest absolute Gasteiger partial charge is 0.122 e. The molecule has 0 aliphatic rings. The first-order chi connectivity index (χ1) is 6.15. The lowest BCUT2D eigenvalue weighted by Gasteiger charge is -2.17. The van der Waals surface area contributed by atoms with Crippen LogP contribution < -0.4 is 10.6 Å². The van der Waals surface area contributed by atoms with E-state index < -0.39 is 0 Å². The van der Waals surface area contributed by atoms with Gasteiger partial charge < -0.3 is 10.6 Å². The standard InChI is InChI=1S/C10H15N3/c1-3-13(2)9-6-4-5-8(7-9)10(11)12/h4-7H,3H2,1-2H3,(H3,11,12). The lowest BCUT2D eigenvalue weighted by Crippen LogP contribution is -2.17. The zero-order valence-electron chi connectivity index (χ0n) is 8.04. The van der Waals surface area contributed by atoms with Crippen LogP contribution >= 0.6 is 0 Å². The summed E-state index contributed by atoms with van der Waals surface area (Å²) >= 11 is 0. The summed E-state index contributed by atoms with van der Waals surface area (Å²) in [5.74, 6) is 0.117. The first kappa shape index (κ1) is 9.58. The quantitative estimate of drug-likeness (QED) is 0.542. The zero-order chi connectivity index (χ0) is 9.84. The van der Waals surface area contributed by atoms with Crippen LogP contribution in [0, 0.1) is 5.41 Å². The molecule has 1 aromatic rings. The van der Waals surface area contributed by atoms with E-state index in [1.54, 1.807) is 0 Å². The highest BCUT2D eigenvalue weighted by Gasteiger charge is 2.00. The van der Waals surface area contributed by atoms with Crippen LogP contribution in [-0.2, 0) is 0 Å². The first-order valence-corrected chi connectivity index (χ1v) is 4.30. The van der Waals surface area contributed by atoms with Gasteiger partial charge in [-0.25, -0.2) is 0 Å². The molecule has 0 spiro atoms. The molecule has 0 heterocycles. The van der Waals surface area contributed by atoms with Gasteiger partial charge in [0.25, 0.3) is 0 Å². The van der Waals surface area contributed by atoms with Gasteiger partial charge in [0, 0.05) is 24.8 Å². The summed E-state index contributed by atoms with van der Waals surface area (Å²) in [7, 11) is 2.01. The minimum Gasteiger partial charge on any atom is -0.384 e. The van der Waals surface area contributed by atoms with Crippen LogP contribution in [0.25, 0.3) is 0 Å². The van der Waals surface area contributed by atoms with E-state index in [-0.39, 0.29) is 5.84 Å². The van der Waals surface area contributed by atoms with Crippen LogP contribution in [0.5, 0.6) is 0 Å². The third-order valence-corrected chi connectivity index (χ3v) is 2.07. The average molecular weight is 177 g/mol. The van der Waals surface area contributed by atoms with Crippen molar-refractivity contribution in [1.82, 2.24) is 0 Å². The summed E-state index contributed by atoms with van der Waals surface area (Å²) < 4.78 is 0. The molecule has 3 nitrogen and oxygen atoms in total. The van der Waals surface area contributed by atoms with Crippen molar-refractivity contribution < 1.29 is 0 Å². The molecule has 3 N–H and O–H groups in total. The van der Waals surface area contributed by atoms with Crippen LogP contribution in [0.1, 0.15) is 12.5 Å². The van der Waals surface area contributed by atoms with Crippen LogP contribution in [0.3, 0.4) is 0 Å². The molecule has 0 aliphatic carbocycles. The van der Waals surface area contributed by atoms with Crippen molar-refractivity contribution in [2.75, 3.05) is 18.5 Å². The van der Waals surface area contributed by atoms with E-state index in [2.05, 4.69) is 11.8 Å². The second-order valence-corrected chi connectivity index (χ2v) is 2.98. The minimum atomic E-state index is 0.117. The second-order valence-electron chi connectivity index (χ2n) is 2.98. The van der Waals surface area contributed by atoms with E-state index in [1.807, 2.05) is 31.3 Å². The van der Waals surface area contributed by atoms with Crippen molar-refractivity contribution in [1.29, 1.82) is 5.41 Å². The van der Waals surface area contributed by atoms with Crippen LogP contribution in [0.4, 0.5) is 5.69 Å². The molecule has 0 amide bonds. The van der Waals surface area contributed by atoms with Gasteiger partial charge in [-0.1, -0.05) is 12.1 Å². The predicted octanol–water partition coefficient (Wildman–Crippen LogP) is 1.43. The Bertz CT molecular complexity index is 307. The van der Waals surface area contributed by atoms with E-state index in [0.29, 0.717) is 0 Å². The number of benzene rings is 1. The molecule has 1 rings (SSSR count). The monoisotopic (exact) mass is 177 g/mol. The zero-order valence-corrected chi connectivity index (χ0v) is 8.04. The van der Waals surface area contributed by atoms with Crippen LogP contribution in [0.2, 0.25) is 0 Å². The normalized spacial score (nSPS) is 9.69. The fourth-order valence-corrected chi connectivity index (χ4v) is 1.09. The molecule has 3 heteroatoms. The fraction of sp³-hybridized carbons (Fsp3) is 0.300. The number of nitrogen functional groups attached to an aromatic ring is 1. The fourth-order valence-electron chi connectivity index (χ4n) is 1.09. The van der Waals surface area contributed by atoms with Crippen molar-refractivity contribution in [2.24, 2.45) is 5.73 Å². The molecule has 0 unspecified atom stereocenters. The molecule has 0 atom stereocenters. The number of rotatable bonds is 3. The number of nitrogens with one attached hydrogen (secondary N) is 1. The third-order valence-electron chi connectivity index (χ3n) is 2.07. The molecule has 0 saturated carbocycles. The molecular formula is C10H15N3. The number of hydrogen-bond acceptors (Lipinski definition) is 2. The third kappa shape index (κ3) is 2.21. The van der Waals surface area contributed by atoms with Crippen molar-refractivity contribution in [2.45, 2.75) is 6.92 Å². The van der Waals surface area contributed by atoms with Gasteiger partial charge in [-0.3, -0.25) is 5.41 Å². The van der Waals surface area contributed by atoms with E-state index in [4.69, 9.17) is 11.1 Å². The maximum Gasteiger partial charge on any atom is 0.122 e. The number of nitrogens with two attached hydrogens (primary N) is 1. The summed E-state index contributed by atoms with van der Waals surface area (Å²) in [5.41, 5.74) is 7.26. The first-order valence-electron chi connectivity index (χ1n) is 4.30. The highest BCUT2D eigenvalue weighted by atomic mass is 15.1. The largest absolute Gasteiger partial charge is 0.384 e. The van der Waals surface area contributed by atoms with Crippen molar-refractivity contribution in [3.8, 4) is 0 Å². The van der Waals surface area contributed by atoms with Gasteiger partial charge in [-0.15, -0.1) is 0 Å². The molecule has 13 heavy (non-hydrogen) atoms. The highest BCUT2D eigenvalue weighted by Crippen LogP contribution is 2.13. The molecule has 70 valence electrons. The lowest BCUT2D eigenvalue weighted by atomic mass is 10.2. The summed E-state index contributed by atoms with van der Waals surface area (Å²) in [6.45, 7) is 3.03. The summed E-state index contributed by atoms with van der Waals surface area (Å²) in [4.78, 5) is 2.10.